The molecule has 1 atom stereocenters. The molecular formula is C19H19FN2O4. The lowest BCUT2D eigenvalue weighted by Gasteiger charge is -2.17. The standard InChI is InChI=1S/C19H19FN2O4/c1-21-19(25)22-18(24)17(14-5-3-2-4-6-14)26-16(23)12-9-13-7-10-15(20)11-8-13/h2-8,10-11,17H,9,12H2,1H3,(H2,21,22,24,25)/t17-/m0/s1. The number of aryl methyl sites for hydroxylation is 1. The second-order valence-electron chi connectivity index (χ2n) is 5.48. The Bertz CT molecular complexity index is 763. The molecule has 7 heteroatoms. The molecule has 0 unspecified atom stereocenters. The van der Waals surface area contributed by atoms with Crippen LogP contribution in [0, 0.1) is 5.82 Å². The lowest BCUT2D eigenvalue weighted by atomic mass is 10.1. The van der Waals surface area contributed by atoms with E-state index in [1.807, 2.05) is 0 Å². The van der Waals surface area contributed by atoms with Gasteiger partial charge in [0, 0.05) is 19.0 Å². The highest BCUT2D eigenvalue weighted by Gasteiger charge is 2.26. The third-order valence-electron chi connectivity index (χ3n) is 3.58. The molecule has 2 aromatic rings. The molecular weight excluding hydrogens is 339 g/mol. The molecule has 136 valence electrons. The van der Waals surface area contributed by atoms with Crippen LogP contribution < -0.4 is 10.6 Å². The number of esters is 1. The molecule has 2 rings (SSSR count). The Morgan fingerprint density at radius 1 is 1.04 bits per heavy atom. The average Bonchev–Trinajstić information content (AvgIpc) is 2.66. The largest absolute Gasteiger partial charge is 0.447 e. The van der Waals surface area contributed by atoms with Gasteiger partial charge in [0.15, 0.2) is 0 Å². The van der Waals surface area contributed by atoms with Crippen molar-refractivity contribution < 1.29 is 23.5 Å². The average molecular weight is 358 g/mol. The van der Waals surface area contributed by atoms with Crippen molar-refractivity contribution in [2.24, 2.45) is 0 Å². The summed E-state index contributed by atoms with van der Waals surface area (Å²) in [5, 5.41) is 4.37. The molecule has 0 aliphatic rings. The number of imide groups is 1. The molecule has 0 saturated carbocycles. The highest BCUT2D eigenvalue weighted by Crippen LogP contribution is 2.19. The van der Waals surface area contributed by atoms with Crippen molar-refractivity contribution in [1.29, 1.82) is 0 Å². The molecule has 0 heterocycles. The number of amides is 3. The van der Waals surface area contributed by atoms with Gasteiger partial charge in [-0.3, -0.25) is 14.9 Å². The Labute approximate surface area is 150 Å². The van der Waals surface area contributed by atoms with Gasteiger partial charge < -0.3 is 10.1 Å². The summed E-state index contributed by atoms with van der Waals surface area (Å²) in [6, 6.07) is 13.5. The molecule has 2 aromatic carbocycles. The van der Waals surface area contributed by atoms with Crippen molar-refractivity contribution in [3.63, 3.8) is 0 Å². The topological polar surface area (TPSA) is 84.5 Å². The van der Waals surface area contributed by atoms with Crippen LogP contribution in [0.3, 0.4) is 0 Å². The van der Waals surface area contributed by atoms with Gasteiger partial charge in [0.05, 0.1) is 0 Å². The number of ether oxygens (including phenoxy) is 1. The fourth-order valence-electron chi connectivity index (χ4n) is 2.23. The van der Waals surface area contributed by atoms with Gasteiger partial charge in [-0.25, -0.2) is 9.18 Å². The van der Waals surface area contributed by atoms with Crippen molar-refractivity contribution in [1.82, 2.24) is 10.6 Å². The van der Waals surface area contributed by atoms with Gasteiger partial charge in [0.25, 0.3) is 5.91 Å². The minimum absolute atomic E-state index is 0.0161. The Morgan fingerprint density at radius 2 is 1.69 bits per heavy atom. The smallest absolute Gasteiger partial charge is 0.321 e. The maximum atomic E-state index is 12.9. The third kappa shape index (κ3) is 5.70. The van der Waals surface area contributed by atoms with E-state index in [1.165, 1.54) is 19.2 Å². The molecule has 0 aliphatic heterocycles. The lowest BCUT2D eigenvalue weighted by Crippen LogP contribution is -2.41. The monoisotopic (exact) mass is 358 g/mol. The summed E-state index contributed by atoms with van der Waals surface area (Å²) in [6.45, 7) is 0. The number of halogens is 1. The van der Waals surface area contributed by atoms with E-state index in [1.54, 1.807) is 42.5 Å². The number of carbonyl (C=O) groups is 3. The first-order chi connectivity index (χ1) is 12.5. The second-order valence-corrected chi connectivity index (χ2v) is 5.48. The summed E-state index contributed by atoms with van der Waals surface area (Å²) in [5.74, 6) is -1.70. The SMILES string of the molecule is CNC(=O)NC(=O)[C@@H](OC(=O)CCc1ccc(F)cc1)c1ccccc1. The maximum Gasteiger partial charge on any atom is 0.321 e. The van der Waals surface area contributed by atoms with E-state index in [0.717, 1.165) is 5.56 Å². The zero-order valence-corrected chi connectivity index (χ0v) is 14.2. The predicted molar refractivity (Wildman–Crippen MR) is 92.6 cm³/mol. The minimum Gasteiger partial charge on any atom is -0.447 e. The Kier molecular flexibility index (Phi) is 6.84. The van der Waals surface area contributed by atoms with Gasteiger partial charge >= 0.3 is 12.0 Å². The molecule has 6 nitrogen and oxygen atoms in total. The predicted octanol–water partition coefficient (Wildman–Crippen LogP) is 2.50. The molecule has 0 aromatic heterocycles. The summed E-state index contributed by atoms with van der Waals surface area (Å²) >= 11 is 0. The van der Waals surface area contributed by atoms with Crippen LogP contribution in [-0.4, -0.2) is 25.0 Å². The highest BCUT2D eigenvalue weighted by atomic mass is 19.1. The van der Waals surface area contributed by atoms with E-state index in [0.29, 0.717) is 12.0 Å². The second kappa shape index (κ2) is 9.31. The summed E-state index contributed by atoms with van der Waals surface area (Å²) in [7, 11) is 1.37. The number of nitrogens with one attached hydrogen (secondary N) is 2. The first kappa shape index (κ1) is 19.1. The van der Waals surface area contributed by atoms with E-state index in [9.17, 15) is 18.8 Å². The lowest BCUT2D eigenvalue weighted by molar-refractivity contribution is -0.156. The normalized spacial score (nSPS) is 11.3. The summed E-state index contributed by atoms with van der Waals surface area (Å²) in [6.07, 6.45) is -0.880. The van der Waals surface area contributed by atoms with Gasteiger partial charge in [0.2, 0.25) is 6.10 Å². The van der Waals surface area contributed by atoms with E-state index in [2.05, 4.69) is 10.6 Å². The van der Waals surface area contributed by atoms with Crippen LogP contribution >= 0.6 is 0 Å². The zero-order valence-electron chi connectivity index (χ0n) is 14.2. The van der Waals surface area contributed by atoms with Crippen LogP contribution in [0.25, 0.3) is 0 Å². The molecule has 0 bridgehead atoms. The molecule has 0 aliphatic carbocycles. The van der Waals surface area contributed by atoms with Crippen LogP contribution in [0.4, 0.5) is 9.18 Å². The zero-order chi connectivity index (χ0) is 18.9. The fourth-order valence-corrected chi connectivity index (χ4v) is 2.23. The molecule has 0 radical (unpaired) electrons. The van der Waals surface area contributed by atoms with Gasteiger partial charge in [-0.2, -0.15) is 0 Å². The van der Waals surface area contributed by atoms with Crippen LogP contribution in [0.2, 0.25) is 0 Å². The van der Waals surface area contributed by atoms with Gasteiger partial charge in [-0.1, -0.05) is 42.5 Å². The number of benzene rings is 2. The molecule has 0 fully saturated rings. The van der Waals surface area contributed by atoms with Crippen LogP contribution in [0.1, 0.15) is 23.7 Å². The van der Waals surface area contributed by atoms with E-state index in [4.69, 9.17) is 4.74 Å². The van der Waals surface area contributed by atoms with Gasteiger partial charge in [-0.15, -0.1) is 0 Å². The van der Waals surface area contributed by atoms with Crippen molar-refractivity contribution in [2.45, 2.75) is 18.9 Å². The molecule has 0 saturated heterocycles. The van der Waals surface area contributed by atoms with Gasteiger partial charge in [0.1, 0.15) is 5.82 Å². The molecule has 2 N–H and O–H groups in total. The van der Waals surface area contributed by atoms with E-state index >= 15 is 0 Å². The van der Waals surface area contributed by atoms with E-state index < -0.39 is 24.0 Å². The first-order valence-electron chi connectivity index (χ1n) is 8.01. The summed E-state index contributed by atoms with van der Waals surface area (Å²) in [5.41, 5.74) is 1.22. The molecule has 0 spiro atoms. The van der Waals surface area contributed by atoms with Crippen LogP contribution in [-0.2, 0) is 20.7 Å². The number of hydrogen-bond donors (Lipinski definition) is 2. The third-order valence-corrected chi connectivity index (χ3v) is 3.58. The fraction of sp³-hybridized carbons (Fsp3) is 0.211. The van der Waals surface area contributed by atoms with Crippen LogP contribution in [0.15, 0.2) is 54.6 Å². The number of rotatable bonds is 6. The number of carbonyl (C=O) groups excluding carboxylic acids is 3. The first-order valence-corrected chi connectivity index (χ1v) is 8.01. The summed E-state index contributed by atoms with van der Waals surface area (Å²) < 4.78 is 18.2. The quantitative estimate of drug-likeness (QED) is 0.777. The van der Waals surface area contributed by atoms with Crippen molar-refractivity contribution >= 4 is 17.9 Å². The molecule has 26 heavy (non-hydrogen) atoms. The van der Waals surface area contributed by atoms with Crippen molar-refractivity contribution in [3.8, 4) is 0 Å². The molecule has 3 amide bonds. The number of urea groups is 1. The summed E-state index contributed by atoms with van der Waals surface area (Å²) in [4.78, 5) is 35.8. The maximum absolute atomic E-state index is 12.9. The Morgan fingerprint density at radius 3 is 2.31 bits per heavy atom. The van der Waals surface area contributed by atoms with Gasteiger partial charge in [-0.05, 0) is 24.1 Å². The number of hydrogen-bond acceptors (Lipinski definition) is 4. The van der Waals surface area contributed by atoms with Crippen LogP contribution in [0.5, 0.6) is 0 Å². The Balaban J connectivity index is 2.03. The minimum atomic E-state index is -1.24. The van der Waals surface area contributed by atoms with Crippen molar-refractivity contribution in [2.75, 3.05) is 7.05 Å². The van der Waals surface area contributed by atoms with E-state index in [-0.39, 0.29) is 12.2 Å². The Hall–Kier alpha value is -3.22. The van der Waals surface area contributed by atoms with Crippen molar-refractivity contribution in [3.05, 3.63) is 71.5 Å². The highest BCUT2D eigenvalue weighted by molar-refractivity contribution is 5.97.